The van der Waals surface area contributed by atoms with Crippen LogP contribution < -0.4 is 0 Å². The molecule has 0 aromatic rings. The van der Waals surface area contributed by atoms with Crippen molar-refractivity contribution in [2.75, 3.05) is 20.8 Å². The highest BCUT2D eigenvalue weighted by atomic mass is 16.7. The molecule has 0 saturated carbocycles. The van der Waals surface area contributed by atoms with Crippen LogP contribution in [-0.4, -0.2) is 45.2 Å². The number of hydrogen-bond donors (Lipinski definition) is 0. The van der Waals surface area contributed by atoms with Crippen LogP contribution in [0.2, 0.25) is 0 Å². The van der Waals surface area contributed by atoms with Gasteiger partial charge in [-0.05, 0) is 12.8 Å². The van der Waals surface area contributed by atoms with Crippen molar-refractivity contribution in [3.8, 4) is 0 Å². The second-order valence-electron chi connectivity index (χ2n) is 4.55. The Morgan fingerprint density at radius 1 is 1.00 bits per heavy atom. The van der Waals surface area contributed by atoms with Crippen LogP contribution in [0.5, 0.6) is 0 Å². The zero-order chi connectivity index (χ0) is 14.8. The lowest BCUT2D eigenvalue weighted by molar-refractivity contribution is -0.179. The fraction of sp³-hybridized carbons (Fsp3) is 0.846. The summed E-state index contributed by atoms with van der Waals surface area (Å²) in [6.07, 6.45) is -0.935. The van der Waals surface area contributed by atoms with Crippen molar-refractivity contribution < 1.29 is 28.5 Å². The van der Waals surface area contributed by atoms with Crippen LogP contribution in [-0.2, 0) is 28.5 Å². The first-order valence-electron chi connectivity index (χ1n) is 6.31. The largest absolute Gasteiger partial charge is 0.462 e. The lowest BCUT2D eigenvalue weighted by Gasteiger charge is -2.18. The van der Waals surface area contributed by atoms with Crippen LogP contribution in [0, 0.1) is 5.92 Å². The van der Waals surface area contributed by atoms with E-state index in [0.29, 0.717) is 13.0 Å². The average molecular weight is 276 g/mol. The minimum absolute atomic E-state index is 0.202. The highest BCUT2D eigenvalue weighted by molar-refractivity contribution is 5.91. The van der Waals surface area contributed by atoms with Crippen molar-refractivity contribution >= 4 is 11.9 Å². The molecule has 0 aromatic carbocycles. The third-order valence-electron chi connectivity index (χ3n) is 2.63. The van der Waals surface area contributed by atoms with Crippen LogP contribution >= 0.6 is 0 Å². The minimum atomic E-state index is -0.706. The minimum Gasteiger partial charge on any atom is -0.462 e. The summed E-state index contributed by atoms with van der Waals surface area (Å²) in [5.74, 6) is -1.05. The fourth-order valence-corrected chi connectivity index (χ4v) is 1.13. The van der Waals surface area contributed by atoms with E-state index in [1.165, 1.54) is 7.11 Å². The number of rotatable bonds is 9. The Balaban J connectivity index is 4.04. The fourth-order valence-electron chi connectivity index (χ4n) is 1.13. The van der Waals surface area contributed by atoms with Gasteiger partial charge in [-0.15, -0.1) is 0 Å². The third-order valence-corrected chi connectivity index (χ3v) is 2.63. The standard InChI is InChI=1S/C13H24O6/c1-9(2)10(3)18-11(14)8-12(15)19-13(17-5)6-7-16-4/h9-10,13H,6-8H2,1-5H3. The molecule has 0 radical (unpaired) electrons. The first kappa shape index (κ1) is 17.9. The van der Waals surface area contributed by atoms with Crippen molar-refractivity contribution in [2.24, 2.45) is 5.92 Å². The molecular formula is C13H24O6. The van der Waals surface area contributed by atoms with Gasteiger partial charge in [-0.2, -0.15) is 0 Å². The lowest BCUT2D eigenvalue weighted by atomic mass is 10.1. The number of hydrogen-bond acceptors (Lipinski definition) is 6. The molecule has 6 heteroatoms. The summed E-state index contributed by atoms with van der Waals surface area (Å²) in [6, 6.07) is 0. The van der Waals surface area contributed by atoms with Gasteiger partial charge in [0.05, 0.1) is 6.61 Å². The number of ether oxygens (including phenoxy) is 4. The summed E-state index contributed by atoms with van der Waals surface area (Å²) in [5.41, 5.74) is 0. The predicted molar refractivity (Wildman–Crippen MR) is 68.4 cm³/mol. The number of carbonyl (C=O) groups is 2. The van der Waals surface area contributed by atoms with Crippen molar-refractivity contribution in [3.63, 3.8) is 0 Å². The van der Waals surface area contributed by atoms with E-state index in [1.807, 2.05) is 13.8 Å². The summed E-state index contributed by atoms with van der Waals surface area (Å²) >= 11 is 0. The van der Waals surface area contributed by atoms with Gasteiger partial charge in [-0.25, -0.2) is 0 Å². The molecule has 0 heterocycles. The molecule has 112 valence electrons. The normalized spacial score (nSPS) is 14.0. The maximum atomic E-state index is 11.5. The number of esters is 2. The van der Waals surface area contributed by atoms with Gasteiger partial charge < -0.3 is 18.9 Å². The molecule has 0 aliphatic heterocycles. The molecule has 0 aliphatic carbocycles. The molecule has 6 nitrogen and oxygen atoms in total. The Bertz CT molecular complexity index is 276. The average Bonchev–Trinajstić information content (AvgIpc) is 2.33. The monoisotopic (exact) mass is 276 g/mol. The smallest absolute Gasteiger partial charge is 0.319 e. The van der Waals surface area contributed by atoms with E-state index < -0.39 is 24.6 Å². The van der Waals surface area contributed by atoms with Gasteiger partial charge in [-0.3, -0.25) is 9.59 Å². The molecule has 0 bridgehead atoms. The van der Waals surface area contributed by atoms with E-state index >= 15 is 0 Å². The van der Waals surface area contributed by atoms with Gasteiger partial charge in [-0.1, -0.05) is 13.8 Å². The summed E-state index contributed by atoms with van der Waals surface area (Å²) in [5, 5.41) is 0. The first-order valence-corrected chi connectivity index (χ1v) is 6.31. The van der Waals surface area contributed by atoms with E-state index in [2.05, 4.69) is 0 Å². The van der Waals surface area contributed by atoms with Crippen LogP contribution in [0.3, 0.4) is 0 Å². The van der Waals surface area contributed by atoms with Crippen LogP contribution in [0.25, 0.3) is 0 Å². The first-order chi connectivity index (χ1) is 8.90. The maximum Gasteiger partial charge on any atom is 0.319 e. The molecule has 0 amide bonds. The molecule has 0 aromatic heterocycles. The summed E-state index contributed by atoms with van der Waals surface area (Å²) < 4.78 is 19.8. The van der Waals surface area contributed by atoms with E-state index in [1.54, 1.807) is 14.0 Å². The molecule has 0 N–H and O–H groups in total. The Morgan fingerprint density at radius 3 is 2.05 bits per heavy atom. The SMILES string of the molecule is COCCC(OC)OC(=O)CC(=O)OC(C)C(C)C. The van der Waals surface area contributed by atoms with E-state index in [-0.39, 0.29) is 12.0 Å². The molecule has 0 fully saturated rings. The predicted octanol–water partition coefficient (Wildman–Crippen LogP) is 1.52. The molecule has 0 spiro atoms. The summed E-state index contributed by atoms with van der Waals surface area (Å²) in [7, 11) is 2.96. The van der Waals surface area contributed by atoms with Gasteiger partial charge >= 0.3 is 11.9 Å². The second-order valence-corrected chi connectivity index (χ2v) is 4.55. The quantitative estimate of drug-likeness (QED) is 0.361. The summed E-state index contributed by atoms with van der Waals surface area (Å²) in [4.78, 5) is 23.0. The Hall–Kier alpha value is -1.14. The zero-order valence-electron chi connectivity index (χ0n) is 12.3. The number of carbonyl (C=O) groups excluding carboxylic acids is 2. The van der Waals surface area contributed by atoms with Crippen molar-refractivity contribution in [1.82, 2.24) is 0 Å². The molecule has 0 aliphatic rings. The maximum absolute atomic E-state index is 11.5. The molecule has 0 saturated heterocycles. The number of methoxy groups -OCH3 is 2. The second kappa shape index (κ2) is 9.75. The molecule has 0 rings (SSSR count). The van der Waals surface area contributed by atoms with E-state index in [4.69, 9.17) is 18.9 Å². The van der Waals surface area contributed by atoms with Gasteiger partial charge in [0, 0.05) is 20.6 Å². The van der Waals surface area contributed by atoms with Crippen molar-refractivity contribution in [2.45, 2.75) is 46.0 Å². The van der Waals surface area contributed by atoms with Crippen LogP contribution in [0.1, 0.15) is 33.6 Å². The van der Waals surface area contributed by atoms with Gasteiger partial charge in [0.25, 0.3) is 0 Å². The Kier molecular flexibility index (Phi) is 9.16. The molecule has 2 atom stereocenters. The highest BCUT2D eigenvalue weighted by Gasteiger charge is 2.20. The lowest BCUT2D eigenvalue weighted by Crippen LogP contribution is -2.26. The van der Waals surface area contributed by atoms with E-state index in [0.717, 1.165) is 0 Å². The van der Waals surface area contributed by atoms with Gasteiger partial charge in [0.15, 0.2) is 0 Å². The van der Waals surface area contributed by atoms with Gasteiger partial charge in [0.1, 0.15) is 12.5 Å². The topological polar surface area (TPSA) is 71.1 Å². The van der Waals surface area contributed by atoms with Crippen molar-refractivity contribution in [1.29, 1.82) is 0 Å². The molecule has 2 unspecified atom stereocenters. The van der Waals surface area contributed by atoms with E-state index in [9.17, 15) is 9.59 Å². The molecule has 19 heavy (non-hydrogen) atoms. The zero-order valence-corrected chi connectivity index (χ0v) is 12.3. The summed E-state index contributed by atoms with van der Waals surface area (Å²) in [6.45, 7) is 6.05. The molecular weight excluding hydrogens is 252 g/mol. The third kappa shape index (κ3) is 8.56. The van der Waals surface area contributed by atoms with Crippen LogP contribution in [0.15, 0.2) is 0 Å². The van der Waals surface area contributed by atoms with Gasteiger partial charge in [0.2, 0.25) is 6.29 Å². The van der Waals surface area contributed by atoms with Crippen molar-refractivity contribution in [3.05, 3.63) is 0 Å². The highest BCUT2D eigenvalue weighted by Crippen LogP contribution is 2.08. The van der Waals surface area contributed by atoms with Crippen LogP contribution in [0.4, 0.5) is 0 Å². The Morgan fingerprint density at radius 2 is 1.58 bits per heavy atom. The Labute approximate surface area is 114 Å².